The number of aromatic nitrogens is 3. The molecule has 1 unspecified atom stereocenters. The number of hydrogen-bond acceptors (Lipinski definition) is 3. The second-order valence-corrected chi connectivity index (χ2v) is 6.28. The van der Waals surface area contributed by atoms with Gasteiger partial charge in [0.1, 0.15) is 11.3 Å². The van der Waals surface area contributed by atoms with Crippen LogP contribution >= 0.6 is 35.0 Å². The first-order valence-corrected chi connectivity index (χ1v) is 7.44. The molecule has 0 saturated heterocycles. The molecule has 0 aliphatic heterocycles. The lowest BCUT2D eigenvalue weighted by atomic mass is 10.4. The molecule has 0 fully saturated rings. The molecular formula is C11H10Cl2F3N3S. The normalized spacial score (nSPS) is 13.9. The lowest BCUT2D eigenvalue weighted by Gasteiger charge is -2.10. The van der Waals surface area contributed by atoms with Crippen molar-refractivity contribution >= 4 is 46.1 Å². The summed E-state index contributed by atoms with van der Waals surface area (Å²) in [5.41, 5.74) is -3.24. The molecule has 1 atom stereocenters. The standard InChI is InChI=1S/C11H10Cl2F3N3S/c1-6(12)9-18-8-4-7(13)5-17-10(8)19(9)2-3-20-11(14,15)16/h4-6H,2-3H2,1H3. The third kappa shape index (κ3) is 3.71. The Hall–Kier alpha value is -0.660. The van der Waals surface area contributed by atoms with Gasteiger partial charge >= 0.3 is 5.51 Å². The van der Waals surface area contributed by atoms with Crippen LogP contribution in [0.3, 0.4) is 0 Å². The molecule has 0 aliphatic carbocycles. The maximum atomic E-state index is 12.2. The lowest BCUT2D eigenvalue weighted by Crippen LogP contribution is -2.10. The second-order valence-electron chi connectivity index (χ2n) is 4.03. The van der Waals surface area contributed by atoms with Gasteiger partial charge in [-0.25, -0.2) is 9.97 Å². The SMILES string of the molecule is CC(Cl)c1nc2cc(Cl)cnc2n1CCSC(F)(F)F. The highest BCUT2D eigenvalue weighted by Crippen LogP contribution is 2.31. The molecule has 110 valence electrons. The molecule has 20 heavy (non-hydrogen) atoms. The average Bonchev–Trinajstić information content (AvgIpc) is 2.66. The highest BCUT2D eigenvalue weighted by molar-refractivity contribution is 8.00. The van der Waals surface area contributed by atoms with Gasteiger partial charge in [0.25, 0.3) is 0 Å². The van der Waals surface area contributed by atoms with Crippen LogP contribution < -0.4 is 0 Å². The van der Waals surface area contributed by atoms with Crippen molar-refractivity contribution in [1.29, 1.82) is 0 Å². The monoisotopic (exact) mass is 343 g/mol. The maximum Gasteiger partial charge on any atom is 0.441 e. The second kappa shape index (κ2) is 5.99. The zero-order valence-electron chi connectivity index (χ0n) is 10.3. The maximum absolute atomic E-state index is 12.2. The van der Waals surface area contributed by atoms with Gasteiger partial charge in [-0.15, -0.1) is 11.6 Å². The van der Waals surface area contributed by atoms with Crippen LogP contribution in [-0.2, 0) is 6.54 Å². The average molecular weight is 344 g/mol. The van der Waals surface area contributed by atoms with Crippen LogP contribution in [0.4, 0.5) is 13.2 Å². The van der Waals surface area contributed by atoms with Gasteiger partial charge in [-0.1, -0.05) is 11.6 Å². The molecule has 0 saturated carbocycles. The fraction of sp³-hybridized carbons (Fsp3) is 0.455. The number of aryl methyl sites for hydroxylation is 1. The quantitative estimate of drug-likeness (QED) is 0.757. The van der Waals surface area contributed by atoms with Gasteiger partial charge in [-0.3, -0.25) is 0 Å². The summed E-state index contributed by atoms with van der Waals surface area (Å²) < 4.78 is 38.2. The lowest BCUT2D eigenvalue weighted by molar-refractivity contribution is -0.0328. The van der Waals surface area contributed by atoms with Crippen LogP contribution in [0.15, 0.2) is 12.3 Å². The van der Waals surface area contributed by atoms with Crippen LogP contribution in [0.2, 0.25) is 5.02 Å². The number of imidazole rings is 1. The van der Waals surface area contributed by atoms with Crippen LogP contribution in [0.5, 0.6) is 0 Å². The van der Waals surface area contributed by atoms with Crippen molar-refractivity contribution in [1.82, 2.24) is 14.5 Å². The van der Waals surface area contributed by atoms with Gasteiger partial charge in [0.05, 0.1) is 10.4 Å². The Morgan fingerprint density at radius 2 is 2.15 bits per heavy atom. The van der Waals surface area contributed by atoms with E-state index in [2.05, 4.69) is 9.97 Å². The Bertz CT molecular complexity index is 613. The molecule has 9 heteroatoms. The third-order valence-corrected chi connectivity index (χ3v) is 3.63. The van der Waals surface area contributed by atoms with Gasteiger partial charge in [-0.2, -0.15) is 13.2 Å². The molecule has 3 nitrogen and oxygen atoms in total. The number of pyridine rings is 1. The number of alkyl halides is 4. The first-order valence-electron chi connectivity index (χ1n) is 5.64. The molecule has 0 spiro atoms. The van der Waals surface area contributed by atoms with E-state index in [9.17, 15) is 13.2 Å². The summed E-state index contributed by atoms with van der Waals surface area (Å²) in [6, 6.07) is 1.61. The van der Waals surface area contributed by atoms with Crippen molar-refractivity contribution in [2.75, 3.05) is 5.75 Å². The zero-order valence-corrected chi connectivity index (χ0v) is 12.6. The highest BCUT2D eigenvalue weighted by atomic mass is 35.5. The Kier molecular flexibility index (Phi) is 4.71. The number of thioether (sulfide) groups is 1. The Balaban J connectivity index is 2.32. The molecule has 2 aromatic rings. The minimum Gasteiger partial charge on any atom is -0.311 e. The van der Waals surface area contributed by atoms with E-state index in [1.54, 1.807) is 17.6 Å². The molecule has 0 amide bonds. The highest BCUT2D eigenvalue weighted by Gasteiger charge is 2.28. The molecule has 0 aliphatic rings. The van der Waals surface area contributed by atoms with Crippen LogP contribution in [0, 0.1) is 0 Å². The minimum atomic E-state index is -4.25. The van der Waals surface area contributed by atoms with Crippen molar-refractivity contribution in [3.8, 4) is 0 Å². The first-order chi connectivity index (χ1) is 9.28. The molecular weight excluding hydrogens is 334 g/mol. The molecule has 2 heterocycles. The van der Waals surface area contributed by atoms with Gasteiger partial charge < -0.3 is 4.57 Å². The van der Waals surface area contributed by atoms with E-state index in [0.29, 0.717) is 22.0 Å². The summed E-state index contributed by atoms with van der Waals surface area (Å²) in [6.07, 6.45) is 1.43. The third-order valence-electron chi connectivity index (χ3n) is 2.52. The topological polar surface area (TPSA) is 30.7 Å². The van der Waals surface area contributed by atoms with E-state index in [1.165, 1.54) is 6.20 Å². The van der Waals surface area contributed by atoms with Gasteiger partial charge in [0.15, 0.2) is 5.65 Å². The number of nitrogens with zero attached hydrogens (tertiary/aromatic N) is 3. The smallest absolute Gasteiger partial charge is 0.311 e. The van der Waals surface area contributed by atoms with Crippen molar-refractivity contribution in [2.45, 2.75) is 24.4 Å². The molecule has 0 bridgehead atoms. The van der Waals surface area contributed by atoms with Crippen molar-refractivity contribution in [3.05, 3.63) is 23.1 Å². The van der Waals surface area contributed by atoms with E-state index in [-0.39, 0.29) is 24.1 Å². The number of hydrogen-bond donors (Lipinski definition) is 0. The van der Waals surface area contributed by atoms with E-state index >= 15 is 0 Å². The Morgan fingerprint density at radius 3 is 2.75 bits per heavy atom. The molecule has 2 aromatic heterocycles. The fourth-order valence-electron chi connectivity index (χ4n) is 1.78. The van der Waals surface area contributed by atoms with Crippen LogP contribution in [-0.4, -0.2) is 25.8 Å². The van der Waals surface area contributed by atoms with Crippen LogP contribution in [0.25, 0.3) is 11.2 Å². The predicted molar refractivity (Wildman–Crippen MR) is 75.3 cm³/mol. The summed E-state index contributed by atoms with van der Waals surface area (Å²) in [6.45, 7) is 1.83. The van der Waals surface area contributed by atoms with Crippen molar-refractivity contribution in [2.24, 2.45) is 0 Å². The fourth-order valence-corrected chi connectivity index (χ4v) is 2.60. The zero-order chi connectivity index (χ0) is 14.9. The number of halogens is 5. The summed E-state index contributed by atoms with van der Waals surface area (Å²) in [5, 5.41) is -0.0144. The van der Waals surface area contributed by atoms with E-state index < -0.39 is 10.9 Å². The summed E-state index contributed by atoms with van der Waals surface area (Å²) in [7, 11) is 0. The summed E-state index contributed by atoms with van der Waals surface area (Å²) in [4.78, 5) is 8.40. The summed E-state index contributed by atoms with van der Waals surface area (Å²) in [5.74, 6) is 0.356. The number of fused-ring (bicyclic) bond motifs is 1. The Labute approximate surface area is 127 Å². The molecule has 0 N–H and O–H groups in total. The van der Waals surface area contributed by atoms with Crippen molar-refractivity contribution < 1.29 is 13.2 Å². The van der Waals surface area contributed by atoms with Gasteiger partial charge in [0.2, 0.25) is 0 Å². The first kappa shape index (κ1) is 15.7. The van der Waals surface area contributed by atoms with Crippen LogP contribution in [0.1, 0.15) is 18.1 Å². The van der Waals surface area contributed by atoms with E-state index in [0.717, 1.165) is 0 Å². The number of rotatable bonds is 4. The largest absolute Gasteiger partial charge is 0.441 e. The predicted octanol–water partition coefficient (Wildman–Crippen LogP) is 4.64. The van der Waals surface area contributed by atoms with Gasteiger partial charge in [-0.05, 0) is 24.8 Å². The molecule has 0 aromatic carbocycles. The van der Waals surface area contributed by atoms with E-state index in [4.69, 9.17) is 23.2 Å². The summed E-state index contributed by atoms with van der Waals surface area (Å²) >= 11 is 11.8. The Morgan fingerprint density at radius 1 is 1.45 bits per heavy atom. The minimum absolute atomic E-state index is 0.0816. The van der Waals surface area contributed by atoms with E-state index in [1.807, 2.05) is 0 Å². The van der Waals surface area contributed by atoms with Gasteiger partial charge in [0, 0.05) is 18.5 Å². The molecule has 2 rings (SSSR count). The molecule has 0 radical (unpaired) electrons. The van der Waals surface area contributed by atoms with Crippen molar-refractivity contribution in [3.63, 3.8) is 0 Å².